The van der Waals surface area contributed by atoms with E-state index in [1.165, 1.54) is 10.9 Å². The molecule has 0 aliphatic heterocycles. The molecule has 1 N–H and O–H groups in total. The zero-order chi connectivity index (χ0) is 21.8. The molecular weight excluding hydrogens is 447 g/mol. The summed E-state index contributed by atoms with van der Waals surface area (Å²) in [4.78, 5) is 19.8. The Morgan fingerprint density at radius 2 is 2.13 bits per heavy atom. The minimum atomic E-state index is -4.30. The van der Waals surface area contributed by atoms with Crippen LogP contribution < -0.4 is 10.5 Å². The predicted octanol–water partition coefficient (Wildman–Crippen LogP) is 2.64. The Kier molecular flexibility index (Phi) is 4.37. The minimum Gasteiger partial charge on any atom is -0.408 e. The number of imidazole rings is 1. The Labute approximate surface area is 177 Å². The lowest BCUT2D eigenvalue weighted by atomic mass is 10.2. The van der Waals surface area contributed by atoms with Gasteiger partial charge in [-0.3, -0.25) is 9.29 Å². The van der Waals surface area contributed by atoms with Crippen LogP contribution in [0.3, 0.4) is 0 Å². The molecule has 0 fully saturated rings. The van der Waals surface area contributed by atoms with Crippen molar-refractivity contribution in [3.05, 3.63) is 71.2 Å². The average molecular weight is 460 g/mol. The van der Waals surface area contributed by atoms with Gasteiger partial charge in [0, 0.05) is 29.4 Å². The number of nitrogens with one attached hydrogen (secondary N) is 1. The van der Waals surface area contributed by atoms with Crippen molar-refractivity contribution >= 4 is 43.3 Å². The summed E-state index contributed by atoms with van der Waals surface area (Å²) in [6.45, 7) is 1.75. The third-order valence-electron chi connectivity index (χ3n) is 4.83. The molecule has 0 saturated carbocycles. The average Bonchev–Trinajstić information content (AvgIpc) is 3.45. The van der Waals surface area contributed by atoms with Crippen molar-refractivity contribution in [1.82, 2.24) is 23.3 Å². The molecule has 0 bridgehead atoms. The number of nitrogens with zero attached hydrogens (tertiary/aromatic N) is 5. The summed E-state index contributed by atoms with van der Waals surface area (Å²) in [7, 11) is -4.30. The lowest BCUT2D eigenvalue weighted by Gasteiger charge is -2.15. The SMILES string of the molecule is CC(c1cccc2cncn12)n1c(=O)oc2cc(S(=O)(=O)Nc3ncns3)c(F)cc21. The molecule has 10 nitrogen and oxygen atoms in total. The molecular formula is C18H13FN6O4S2. The van der Waals surface area contributed by atoms with Gasteiger partial charge in [-0.15, -0.1) is 0 Å². The topological polar surface area (TPSA) is 124 Å². The number of pyridine rings is 1. The summed E-state index contributed by atoms with van der Waals surface area (Å²) < 4.78 is 54.2. The van der Waals surface area contributed by atoms with Crippen molar-refractivity contribution in [2.24, 2.45) is 0 Å². The van der Waals surface area contributed by atoms with Gasteiger partial charge in [-0.1, -0.05) is 6.07 Å². The van der Waals surface area contributed by atoms with Gasteiger partial charge in [0.15, 0.2) is 5.58 Å². The third-order valence-corrected chi connectivity index (χ3v) is 6.90. The van der Waals surface area contributed by atoms with E-state index < -0.39 is 32.5 Å². The first kappa shape index (κ1) is 19.4. The number of sulfonamides is 1. The van der Waals surface area contributed by atoms with Crippen molar-refractivity contribution < 1.29 is 17.2 Å². The summed E-state index contributed by atoms with van der Waals surface area (Å²) in [6, 6.07) is 6.90. The monoisotopic (exact) mass is 460 g/mol. The van der Waals surface area contributed by atoms with Crippen LogP contribution in [0.2, 0.25) is 0 Å². The molecule has 1 atom stereocenters. The number of fused-ring (bicyclic) bond motifs is 2. The zero-order valence-electron chi connectivity index (χ0n) is 15.8. The lowest BCUT2D eigenvalue weighted by Crippen LogP contribution is -2.21. The van der Waals surface area contributed by atoms with Crippen molar-refractivity contribution in [2.45, 2.75) is 17.9 Å². The highest BCUT2D eigenvalue weighted by atomic mass is 32.2. The zero-order valence-corrected chi connectivity index (χ0v) is 17.4. The van der Waals surface area contributed by atoms with Crippen molar-refractivity contribution in [2.75, 3.05) is 4.72 Å². The van der Waals surface area contributed by atoms with Crippen LogP contribution >= 0.6 is 11.5 Å². The van der Waals surface area contributed by atoms with Gasteiger partial charge in [0.2, 0.25) is 5.13 Å². The molecule has 5 aromatic rings. The van der Waals surface area contributed by atoms with E-state index >= 15 is 0 Å². The Morgan fingerprint density at radius 1 is 1.29 bits per heavy atom. The second-order valence-electron chi connectivity index (χ2n) is 6.66. The Morgan fingerprint density at radius 3 is 2.90 bits per heavy atom. The van der Waals surface area contributed by atoms with Crippen LogP contribution in [-0.4, -0.2) is 31.7 Å². The number of hydrogen-bond donors (Lipinski definition) is 1. The maximum Gasteiger partial charge on any atom is 0.420 e. The van der Waals surface area contributed by atoms with Gasteiger partial charge in [-0.25, -0.2) is 27.6 Å². The van der Waals surface area contributed by atoms with E-state index in [0.717, 1.165) is 34.9 Å². The van der Waals surface area contributed by atoms with Gasteiger partial charge < -0.3 is 8.82 Å². The Bertz CT molecular complexity index is 1590. The molecule has 0 aliphatic rings. The van der Waals surface area contributed by atoms with Crippen LogP contribution in [0.15, 0.2) is 63.3 Å². The van der Waals surface area contributed by atoms with Crippen LogP contribution in [-0.2, 0) is 10.0 Å². The number of halogens is 1. The highest BCUT2D eigenvalue weighted by molar-refractivity contribution is 7.93. The van der Waals surface area contributed by atoms with E-state index in [9.17, 15) is 17.6 Å². The van der Waals surface area contributed by atoms with Gasteiger partial charge in [-0.2, -0.15) is 4.37 Å². The fraction of sp³-hybridized carbons (Fsp3) is 0.111. The van der Waals surface area contributed by atoms with Crippen LogP contribution in [0.25, 0.3) is 16.6 Å². The van der Waals surface area contributed by atoms with E-state index in [4.69, 9.17) is 4.42 Å². The number of oxazole rings is 1. The van der Waals surface area contributed by atoms with Crippen LogP contribution in [0, 0.1) is 5.82 Å². The number of rotatable bonds is 5. The summed E-state index contributed by atoms with van der Waals surface area (Å²) in [5, 5.41) is -0.0134. The van der Waals surface area contributed by atoms with Crippen LogP contribution in [0.1, 0.15) is 18.7 Å². The molecule has 0 spiro atoms. The van der Waals surface area contributed by atoms with E-state index in [-0.39, 0.29) is 16.2 Å². The third kappa shape index (κ3) is 3.18. The van der Waals surface area contributed by atoms with E-state index in [1.54, 1.807) is 23.8 Å². The first-order valence-corrected chi connectivity index (χ1v) is 11.2. The van der Waals surface area contributed by atoms with E-state index in [1.807, 2.05) is 18.2 Å². The van der Waals surface area contributed by atoms with Crippen molar-refractivity contribution in [3.63, 3.8) is 0 Å². The number of benzene rings is 1. The molecule has 0 saturated heterocycles. The second kappa shape index (κ2) is 6.99. The molecule has 31 heavy (non-hydrogen) atoms. The summed E-state index contributed by atoms with van der Waals surface area (Å²) >= 11 is 0.805. The molecule has 0 amide bonds. The van der Waals surface area contributed by atoms with Gasteiger partial charge in [0.05, 0.1) is 29.6 Å². The molecule has 0 aliphatic carbocycles. The molecule has 5 rings (SSSR count). The van der Waals surface area contributed by atoms with Crippen LogP contribution in [0.5, 0.6) is 0 Å². The Hall–Kier alpha value is -3.58. The van der Waals surface area contributed by atoms with Crippen LogP contribution in [0.4, 0.5) is 9.52 Å². The lowest BCUT2D eigenvalue weighted by molar-refractivity contribution is 0.484. The van der Waals surface area contributed by atoms with E-state index in [2.05, 4.69) is 19.1 Å². The number of anilines is 1. The quantitative estimate of drug-likeness (QED) is 0.427. The Balaban J connectivity index is 1.63. The van der Waals surface area contributed by atoms with Gasteiger partial charge in [-0.05, 0) is 19.1 Å². The smallest absolute Gasteiger partial charge is 0.408 e. The molecule has 4 heterocycles. The molecule has 13 heteroatoms. The predicted molar refractivity (Wildman–Crippen MR) is 110 cm³/mol. The van der Waals surface area contributed by atoms with Crippen molar-refractivity contribution in [3.8, 4) is 0 Å². The van der Waals surface area contributed by atoms with E-state index in [0.29, 0.717) is 0 Å². The first-order valence-electron chi connectivity index (χ1n) is 8.90. The first-order chi connectivity index (χ1) is 14.8. The molecule has 4 aromatic heterocycles. The number of hydrogen-bond acceptors (Lipinski definition) is 8. The maximum absolute atomic E-state index is 14.9. The summed E-state index contributed by atoms with van der Waals surface area (Å²) in [5.41, 5.74) is 1.61. The summed E-state index contributed by atoms with van der Waals surface area (Å²) in [5.74, 6) is -1.78. The highest BCUT2D eigenvalue weighted by Crippen LogP contribution is 2.28. The van der Waals surface area contributed by atoms with Gasteiger partial charge in [0.1, 0.15) is 17.0 Å². The van der Waals surface area contributed by atoms with Crippen molar-refractivity contribution in [1.29, 1.82) is 0 Å². The normalized spacial score (nSPS) is 13.1. The molecule has 158 valence electrons. The fourth-order valence-corrected chi connectivity index (χ4v) is 5.18. The highest BCUT2D eigenvalue weighted by Gasteiger charge is 2.26. The summed E-state index contributed by atoms with van der Waals surface area (Å²) in [6.07, 6.45) is 4.45. The molecule has 0 radical (unpaired) electrons. The fourth-order valence-electron chi connectivity index (χ4n) is 3.44. The molecule has 1 unspecified atom stereocenters. The van der Waals surface area contributed by atoms with Gasteiger partial charge >= 0.3 is 5.76 Å². The standard InChI is InChI=1S/C18H13FN6O4S2/c1-10(13-4-2-3-11-7-20-9-24(11)13)25-14-5-12(19)16(6-15(14)29-18(25)26)31(27,28)23-17-21-8-22-30-17/h2-10H,1H3,(H,21,22,23). The minimum absolute atomic E-state index is 0.0134. The maximum atomic E-state index is 14.9. The molecule has 1 aromatic carbocycles. The second-order valence-corrected chi connectivity index (χ2v) is 9.09. The van der Waals surface area contributed by atoms with Gasteiger partial charge in [0.25, 0.3) is 10.0 Å². The largest absolute Gasteiger partial charge is 0.420 e. The number of aromatic nitrogens is 5.